The average Bonchev–Trinajstić information content (AvgIpc) is 2.48. The van der Waals surface area contributed by atoms with Crippen LogP contribution in [-0.4, -0.2) is 32.2 Å². The Balaban J connectivity index is 2.13. The molecule has 2 rings (SSSR count). The summed E-state index contributed by atoms with van der Waals surface area (Å²) in [4.78, 5) is 18.5. The summed E-state index contributed by atoms with van der Waals surface area (Å²) in [6.07, 6.45) is 2.51. The van der Waals surface area contributed by atoms with E-state index in [4.69, 9.17) is 5.11 Å². The highest BCUT2D eigenvalue weighted by Crippen LogP contribution is 2.26. The number of aromatic nitrogens is 2. The molecule has 3 N–H and O–H groups in total. The van der Waals surface area contributed by atoms with Crippen molar-refractivity contribution in [1.29, 1.82) is 0 Å². The van der Waals surface area contributed by atoms with Crippen molar-refractivity contribution in [3.8, 4) is 0 Å². The van der Waals surface area contributed by atoms with Crippen LogP contribution in [0.5, 0.6) is 0 Å². The lowest BCUT2D eigenvalue weighted by Crippen LogP contribution is -2.40. The first-order valence-electron chi connectivity index (χ1n) is 6.51. The SMILES string of the molecule is C[C@@H](Nc1cnc(C(=O)O)cn1)[C@@](C)(O)c1ccccc1. The van der Waals surface area contributed by atoms with Crippen molar-refractivity contribution in [1.82, 2.24) is 9.97 Å². The van der Waals surface area contributed by atoms with E-state index in [0.29, 0.717) is 5.82 Å². The molecule has 1 aromatic carbocycles. The van der Waals surface area contributed by atoms with Crippen LogP contribution in [0.15, 0.2) is 42.7 Å². The quantitative estimate of drug-likeness (QED) is 0.777. The fourth-order valence-corrected chi connectivity index (χ4v) is 1.90. The minimum Gasteiger partial charge on any atom is -0.476 e. The summed E-state index contributed by atoms with van der Waals surface area (Å²) in [7, 11) is 0. The topological polar surface area (TPSA) is 95.3 Å². The van der Waals surface area contributed by atoms with Crippen molar-refractivity contribution in [2.45, 2.75) is 25.5 Å². The number of nitrogens with one attached hydrogen (secondary N) is 1. The summed E-state index contributed by atoms with van der Waals surface area (Å²) in [6, 6.07) is 8.95. The fraction of sp³-hybridized carbons (Fsp3) is 0.267. The highest BCUT2D eigenvalue weighted by molar-refractivity contribution is 5.84. The molecule has 0 aliphatic heterocycles. The maximum Gasteiger partial charge on any atom is 0.356 e. The van der Waals surface area contributed by atoms with Gasteiger partial charge in [-0.3, -0.25) is 0 Å². The van der Waals surface area contributed by atoms with Crippen LogP contribution in [0.3, 0.4) is 0 Å². The van der Waals surface area contributed by atoms with Gasteiger partial charge in [0.15, 0.2) is 5.69 Å². The molecule has 1 heterocycles. The van der Waals surface area contributed by atoms with Gasteiger partial charge in [-0.2, -0.15) is 0 Å². The Bertz CT molecular complexity index is 612. The van der Waals surface area contributed by atoms with Crippen LogP contribution in [0.1, 0.15) is 29.9 Å². The predicted molar refractivity (Wildman–Crippen MR) is 78.1 cm³/mol. The average molecular weight is 287 g/mol. The number of aromatic carboxylic acids is 1. The molecule has 0 fully saturated rings. The number of nitrogens with zero attached hydrogens (tertiary/aromatic N) is 2. The van der Waals surface area contributed by atoms with Gasteiger partial charge < -0.3 is 15.5 Å². The van der Waals surface area contributed by atoms with Gasteiger partial charge in [0.1, 0.15) is 11.4 Å². The lowest BCUT2D eigenvalue weighted by atomic mass is 9.89. The van der Waals surface area contributed by atoms with Crippen LogP contribution in [0, 0.1) is 0 Å². The second kappa shape index (κ2) is 5.88. The lowest BCUT2D eigenvalue weighted by molar-refractivity contribution is 0.0414. The van der Waals surface area contributed by atoms with Gasteiger partial charge >= 0.3 is 5.97 Å². The molecule has 0 aliphatic carbocycles. The zero-order valence-electron chi connectivity index (χ0n) is 11.8. The van der Waals surface area contributed by atoms with Gasteiger partial charge in [0.2, 0.25) is 0 Å². The molecule has 0 saturated carbocycles. The molecule has 21 heavy (non-hydrogen) atoms. The number of carboxylic acids is 1. The Hall–Kier alpha value is -2.47. The van der Waals surface area contributed by atoms with Gasteiger partial charge in [-0.05, 0) is 19.4 Å². The Morgan fingerprint density at radius 2 is 1.90 bits per heavy atom. The fourth-order valence-electron chi connectivity index (χ4n) is 1.90. The monoisotopic (exact) mass is 287 g/mol. The van der Waals surface area contributed by atoms with Crippen LogP contribution in [0.2, 0.25) is 0 Å². The maximum atomic E-state index is 10.7. The van der Waals surface area contributed by atoms with E-state index in [0.717, 1.165) is 5.56 Å². The van der Waals surface area contributed by atoms with E-state index in [1.807, 2.05) is 37.3 Å². The molecule has 2 aromatic rings. The highest BCUT2D eigenvalue weighted by Gasteiger charge is 2.30. The molecule has 0 spiro atoms. The largest absolute Gasteiger partial charge is 0.476 e. The summed E-state index contributed by atoms with van der Waals surface area (Å²) < 4.78 is 0. The molecule has 0 aliphatic rings. The van der Waals surface area contributed by atoms with Crippen molar-refractivity contribution in [3.05, 3.63) is 54.0 Å². The Kier molecular flexibility index (Phi) is 4.18. The van der Waals surface area contributed by atoms with Gasteiger partial charge in [-0.25, -0.2) is 14.8 Å². The molecule has 0 radical (unpaired) electrons. The number of aliphatic hydroxyl groups is 1. The molecule has 110 valence electrons. The third kappa shape index (κ3) is 3.35. The number of hydrogen-bond donors (Lipinski definition) is 3. The standard InChI is InChI=1S/C15H17N3O3/c1-10(15(2,21)11-6-4-3-5-7-11)18-13-9-16-12(8-17-13)14(19)20/h3-10,21H,1-2H3,(H,17,18)(H,19,20)/t10-,15-/m1/s1. The number of hydrogen-bond acceptors (Lipinski definition) is 5. The van der Waals surface area contributed by atoms with Crippen molar-refractivity contribution >= 4 is 11.8 Å². The van der Waals surface area contributed by atoms with Crippen molar-refractivity contribution in [2.75, 3.05) is 5.32 Å². The van der Waals surface area contributed by atoms with E-state index in [2.05, 4.69) is 15.3 Å². The third-order valence-corrected chi connectivity index (χ3v) is 3.44. The highest BCUT2D eigenvalue weighted by atomic mass is 16.4. The second-order valence-corrected chi connectivity index (χ2v) is 4.97. The molecule has 6 nitrogen and oxygen atoms in total. The summed E-state index contributed by atoms with van der Waals surface area (Å²) in [6.45, 7) is 3.53. The minimum absolute atomic E-state index is 0.122. The van der Waals surface area contributed by atoms with E-state index >= 15 is 0 Å². The van der Waals surface area contributed by atoms with Gasteiger partial charge in [0, 0.05) is 0 Å². The zero-order chi connectivity index (χ0) is 15.5. The number of carboxylic acid groups (broad SMARTS) is 1. The summed E-state index contributed by atoms with van der Waals surface area (Å²) in [5.41, 5.74) is -0.447. The number of benzene rings is 1. The van der Waals surface area contributed by atoms with Crippen molar-refractivity contribution < 1.29 is 15.0 Å². The van der Waals surface area contributed by atoms with Crippen molar-refractivity contribution in [3.63, 3.8) is 0 Å². The van der Waals surface area contributed by atoms with E-state index in [1.165, 1.54) is 12.4 Å². The Morgan fingerprint density at radius 1 is 1.24 bits per heavy atom. The van der Waals surface area contributed by atoms with Gasteiger partial charge in [0.05, 0.1) is 18.4 Å². The molecular weight excluding hydrogens is 270 g/mol. The Morgan fingerprint density at radius 3 is 2.43 bits per heavy atom. The van der Waals surface area contributed by atoms with E-state index in [1.54, 1.807) is 6.92 Å². The van der Waals surface area contributed by atoms with Gasteiger partial charge in [-0.1, -0.05) is 30.3 Å². The first-order valence-corrected chi connectivity index (χ1v) is 6.51. The lowest BCUT2D eigenvalue weighted by Gasteiger charge is -2.31. The first kappa shape index (κ1) is 14.9. The molecule has 0 bridgehead atoms. The molecule has 2 atom stereocenters. The number of rotatable bonds is 5. The van der Waals surface area contributed by atoms with E-state index in [9.17, 15) is 9.90 Å². The molecule has 1 aromatic heterocycles. The number of anilines is 1. The minimum atomic E-state index is -1.13. The summed E-state index contributed by atoms with van der Waals surface area (Å²) >= 11 is 0. The van der Waals surface area contributed by atoms with Gasteiger partial charge in [0.25, 0.3) is 0 Å². The molecular formula is C15H17N3O3. The number of carbonyl (C=O) groups is 1. The van der Waals surface area contributed by atoms with Crippen LogP contribution in [-0.2, 0) is 5.60 Å². The van der Waals surface area contributed by atoms with Gasteiger partial charge in [-0.15, -0.1) is 0 Å². The smallest absolute Gasteiger partial charge is 0.356 e. The van der Waals surface area contributed by atoms with E-state index in [-0.39, 0.29) is 11.7 Å². The molecule has 0 amide bonds. The van der Waals surface area contributed by atoms with Crippen molar-refractivity contribution in [2.24, 2.45) is 0 Å². The third-order valence-electron chi connectivity index (χ3n) is 3.44. The van der Waals surface area contributed by atoms with Crippen LogP contribution < -0.4 is 5.32 Å². The van der Waals surface area contributed by atoms with Crippen LogP contribution >= 0.6 is 0 Å². The molecule has 0 saturated heterocycles. The normalized spacial score (nSPS) is 15.0. The van der Waals surface area contributed by atoms with Crippen LogP contribution in [0.4, 0.5) is 5.82 Å². The van der Waals surface area contributed by atoms with Crippen LogP contribution in [0.25, 0.3) is 0 Å². The summed E-state index contributed by atoms with van der Waals surface area (Å²) in [5, 5.41) is 22.5. The predicted octanol–water partition coefficient (Wildman–Crippen LogP) is 1.88. The second-order valence-electron chi connectivity index (χ2n) is 4.97. The molecule has 6 heteroatoms. The summed E-state index contributed by atoms with van der Waals surface area (Å²) in [5.74, 6) is -0.720. The molecule has 0 unspecified atom stereocenters. The Labute approximate surface area is 122 Å². The maximum absolute atomic E-state index is 10.7. The van der Waals surface area contributed by atoms with E-state index < -0.39 is 11.6 Å². The first-order chi connectivity index (χ1) is 9.91. The zero-order valence-corrected chi connectivity index (χ0v) is 11.8.